The van der Waals surface area contributed by atoms with Crippen molar-refractivity contribution in [3.8, 4) is 22.4 Å². The SMILES string of the molecule is [2H]C([2H])(c1cc(-c2cccc(-c3ccccc3)c2)ncc1[Si](C)(C)C)C(C)(C)C. The van der Waals surface area contributed by atoms with Crippen molar-refractivity contribution in [3.05, 3.63) is 72.4 Å². The lowest BCUT2D eigenvalue weighted by atomic mass is 9.88. The highest BCUT2D eigenvalue weighted by atomic mass is 28.3. The normalized spacial score (nSPS) is 13.9. The second kappa shape index (κ2) is 7.44. The molecule has 1 aromatic heterocycles. The van der Waals surface area contributed by atoms with E-state index >= 15 is 0 Å². The standard InChI is InChI=1S/C25H31NSi/c1-25(2,3)17-22-16-23(26-18-24(22)27(4,5)6)21-14-10-13-20(15-21)19-11-8-7-9-12-19/h7-16,18H,17H2,1-6H3/i17D2. The highest BCUT2D eigenvalue weighted by Crippen LogP contribution is 2.28. The Morgan fingerprint density at radius 3 is 2.11 bits per heavy atom. The van der Waals surface area contributed by atoms with E-state index in [1.807, 2.05) is 57.3 Å². The van der Waals surface area contributed by atoms with Gasteiger partial charge in [0, 0.05) is 14.5 Å². The Bertz CT molecular complexity index is 999. The first-order chi connectivity index (χ1) is 13.4. The highest BCUT2D eigenvalue weighted by molar-refractivity contribution is 6.89. The molecule has 0 unspecified atom stereocenters. The van der Waals surface area contributed by atoms with Gasteiger partial charge in [0.2, 0.25) is 0 Å². The first-order valence-electron chi connectivity index (χ1n) is 10.6. The summed E-state index contributed by atoms with van der Waals surface area (Å²) in [4.78, 5) is 4.77. The molecule has 0 atom stereocenters. The molecular formula is C25H31NSi. The predicted octanol–water partition coefficient (Wildman–Crippen LogP) is 6.55. The van der Waals surface area contributed by atoms with E-state index in [1.165, 1.54) is 5.56 Å². The number of hydrogen-bond acceptors (Lipinski definition) is 1. The van der Waals surface area contributed by atoms with Crippen LogP contribution in [0.2, 0.25) is 19.6 Å². The molecule has 1 heterocycles. The molecule has 2 aromatic carbocycles. The minimum atomic E-state index is -1.76. The van der Waals surface area contributed by atoms with E-state index in [0.29, 0.717) is 0 Å². The van der Waals surface area contributed by atoms with E-state index in [9.17, 15) is 0 Å². The maximum Gasteiger partial charge on any atom is 0.0799 e. The number of nitrogens with zero attached hydrogens (tertiary/aromatic N) is 1. The van der Waals surface area contributed by atoms with E-state index in [-0.39, 0.29) is 0 Å². The van der Waals surface area contributed by atoms with Gasteiger partial charge < -0.3 is 0 Å². The fourth-order valence-electron chi connectivity index (χ4n) is 3.21. The van der Waals surface area contributed by atoms with Crippen molar-refractivity contribution in [2.75, 3.05) is 0 Å². The zero-order valence-corrected chi connectivity index (χ0v) is 18.3. The molecule has 0 fully saturated rings. The van der Waals surface area contributed by atoms with Gasteiger partial charge in [-0.25, -0.2) is 0 Å². The molecule has 3 rings (SSSR count). The maximum absolute atomic E-state index is 8.94. The first-order valence-corrected chi connectivity index (χ1v) is 13.1. The van der Waals surface area contributed by atoms with Crippen LogP contribution in [0.25, 0.3) is 22.4 Å². The molecule has 27 heavy (non-hydrogen) atoms. The van der Waals surface area contributed by atoms with Crippen LogP contribution >= 0.6 is 0 Å². The summed E-state index contributed by atoms with van der Waals surface area (Å²) in [6, 6.07) is 20.6. The van der Waals surface area contributed by atoms with Crippen molar-refractivity contribution in [2.24, 2.45) is 5.41 Å². The van der Waals surface area contributed by atoms with Crippen molar-refractivity contribution in [1.29, 1.82) is 0 Å². The molecule has 0 aliphatic heterocycles. The molecular weight excluding hydrogens is 342 g/mol. The van der Waals surface area contributed by atoms with Crippen LogP contribution in [0.15, 0.2) is 66.9 Å². The number of aromatic nitrogens is 1. The Hall–Kier alpha value is -2.19. The van der Waals surface area contributed by atoms with Gasteiger partial charge in [0.15, 0.2) is 0 Å². The third-order valence-corrected chi connectivity index (χ3v) is 6.50. The van der Waals surface area contributed by atoms with E-state index in [4.69, 9.17) is 7.73 Å². The zero-order valence-electron chi connectivity index (χ0n) is 19.3. The van der Waals surface area contributed by atoms with Gasteiger partial charge in [0.05, 0.1) is 13.8 Å². The van der Waals surface area contributed by atoms with Crippen molar-refractivity contribution in [1.82, 2.24) is 4.98 Å². The molecule has 140 valence electrons. The lowest BCUT2D eigenvalue weighted by Gasteiger charge is -2.26. The summed E-state index contributed by atoms with van der Waals surface area (Å²) in [6.07, 6.45) is 0.479. The van der Waals surface area contributed by atoms with Crippen LogP contribution in [0, 0.1) is 5.41 Å². The summed E-state index contributed by atoms with van der Waals surface area (Å²) in [6.45, 7) is 12.7. The topological polar surface area (TPSA) is 12.9 Å². The molecule has 1 nitrogen and oxygen atoms in total. The monoisotopic (exact) mass is 375 g/mol. The molecule has 2 heteroatoms. The Labute approximate surface area is 168 Å². The Kier molecular flexibility index (Phi) is 4.67. The quantitative estimate of drug-likeness (QED) is 0.471. The molecule has 0 amide bonds. The summed E-state index contributed by atoms with van der Waals surface area (Å²) < 4.78 is 17.9. The summed E-state index contributed by atoms with van der Waals surface area (Å²) >= 11 is 0. The molecule has 0 saturated carbocycles. The predicted molar refractivity (Wildman–Crippen MR) is 121 cm³/mol. The van der Waals surface area contributed by atoms with E-state index < -0.39 is 19.9 Å². The van der Waals surface area contributed by atoms with Crippen LogP contribution in [-0.4, -0.2) is 13.1 Å². The van der Waals surface area contributed by atoms with Crippen LogP contribution in [0.5, 0.6) is 0 Å². The van der Waals surface area contributed by atoms with Crippen LogP contribution in [0.1, 0.15) is 29.1 Å². The smallest absolute Gasteiger partial charge is 0.0799 e. The van der Waals surface area contributed by atoms with Gasteiger partial charge in [-0.3, -0.25) is 4.98 Å². The Balaban J connectivity index is 2.17. The fraction of sp³-hybridized carbons (Fsp3) is 0.320. The van der Waals surface area contributed by atoms with Crippen LogP contribution in [0.4, 0.5) is 0 Å². The van der Waals surface area contributed by atoms with Crippen molar-refractivity contribution in [2.45, 2.75) is 46.8 Å². The maximum atomic E-state index is 8.94. The largest absolute Gasteiger partial charge is 0.256 e. The lowest BCUT2D eigenvalue weighted by molar-refractivity contribution is 0.412. The minimum Gasteiger partial charge on any atom is -0.256 e. The second-order valence-electron chi connectivity index (χ2n) is 9.19. The Morgan fingerprint density at radius 2 is 1.48 bits per heavy atom. The highest BCUT2D eigenvalue weighted by Gasteiger charge is 2.24. The van der Waals surface area contributed by atoms with Gasteiger partial charge in [-0.2, -0.15) is 0 Å². The Morgan fingerprint density at radius 1 is 0.852 bits per heavy atom. The molecule has 0 aliphatic rings. The molecule has 0 saturated heterocycles. The molecule has 0 spiro atoms. The van der Waals surface area contributed by atoms with Crippen LogP contribution in [0.3, 0.4) is 0 Å². The molecule has 0 aliphatic carbocycles. The minimum absolute atomic E-state index is 0.508. The van der Waals surface area contributed by atoms with Gasteiger partial charge in [0.1, 0.15) is 0 Å². The van der Waals surface area contributed by atoms with Gasteiger partial charge in [-0.15, -0.1) is 0 Å². The van der Waals surface area contributed by atoms with Crippen LogP contribution in [-0.2, 0) is 6.37 Å². The molecule has 0 radical (unpaired) electrons. The molecule has 3 aromatic rings. The van der Waals surface area contributed by atoms with Crippen molar-refractivity contribution < 1.29 is 2.74 Å². The van der Waals surface area contributed by atoms with Gasteiger partial charge in [-0.05, 0) is 45.8 Å². The average Bonchev–Trinajstić information content (AvgIpc) is 2.67. The van der Waals surface area contributed by atoms with E-state index in [1.54, 1.807) is 0 Å². The summed E-state index contributed by atoms with van der Waals surface area (Å²) in [5, 5.41) is 1.10. The number of pyridine rings is 1. The third kappa shape index (κ3) is 4.95. The number of rotatable bonds is 4. The van der Waals surface area contributed by atoms with Gasteiger partial charge in [-0.1, -0.05) is 88.9 Å². The van der Waals surface area contributed by atoms with Gasteiger partial charge >= 0.3 is 0 Å². The summed E-state index contributed by atoms with van der Waals surface area (Å²) in [7, 11) is -1.76. The first kappa shape index (κ1) is 16.9. The molecule has 0 N–H and O–H groups in total. The molecule has 0 bridgehead atoms. The van der Waals surface area contributed by atoms with Crippen molar-refractivity contribution in [3.63, 3.8) is 0 Å². The zero-order chi connectivity index (χ0) is 21.4. The van der Waals surface area contributed by atoms with Crippen molar-refractivity contribution >= 4 is 13.3 Å². The number of benzene rings is 2. The summed E-state index contributed by atoms with van der Waals surface area (Å²) in [5.41, 5.74) is 4.43. The van der Waals surface area contributed by atoms with E-state index in [2.05, 4.69) is 50.0 Å². The van der Waals surface area contributed by atoms with Crippen LogP contribution < -0.4 is 5.19 Å². The fourth-order valence-corrected chi connectivity index (χ4v) is 4.60. The second-order valence-corrected chi connectivity index (χ2v) is 14.2. The van der Waals surface area contributed by atoms with E-state index in [0.717, 1.165) is 27.6 Å². The lowest BCUT2D eigenvalue weighted by Crippen LogP contribution is -2.41. The average molecular weight is 376 g/mol. The number of hydrogen-bond donors (Lipinski definition) is 0. The van der Waals surface area contributed by atoms with Gasteiger partial charge in [0.25, 0.3) is 0 Å². The summed E-state index contributed by atoms with van der Waals surface area (Å²) in [5.74, 6) is 0. The third-order valence-electron chi connectivity index (χ3n) is 4.49.